The zero-order valence-corrected chi connectivity index (χ0v) is 17.5. The number of hydrogen-bond acceptors (Lipinski definition) is 6. The van der Waals surface area contributed by atoms with Crippen molar-refractivity contribution in [1.82, 2.24) is 9.29 Å². The molecule has 9 heteroatoms. The zero-order chi connectivity index (χ0) is 19.9. The van der Waals surface area contributed by atoms with Crippen molar-refractivity contribution in [3.63, 3.8) is 0 Å². The first kappa shape index (κ1) is 19.0. The molecule has 1 aromatic heterocycles. The van der Waals surface area contributed by atoms with E-state index in [1.165, 1.54) is 37.2 Å². The Kier molecular flexibility index (Phi) is 4.92. The molecule has 0 fully saturated rings. The fourth-order valence-corrected chi connectivity index (χ4v) is 5.46. The molecule has 6 nitrogen and oxygen atoms in total. The summed E-state index contributed by atoms with van der Waals surface area (Å²) in [6, 6.07) is 16.6. The number of phenols is 1. The van der Waals surface area contributed by atoms with E-state index < -0.39 is 10.2 Å². The molecule has 144 valence electrons. The molecule has 0 unspecified atom stereocenters. The summed E-state index contributed by atoms with van der Waals surface area (Å²) in [6.07, 6.45) is 0. The van der Waals surface area contributed by atoms with E-state index in [9.17, 15) is 13.5 Å². The van der Waals surface area contributed by atoms with Gasteiger partial charge in [0.25, 0.3) is 0 Å². The van der Waals surface area contributed by atoms with Crippen molar-refractivity contribution in [2.45, 2.75) is 9.24 Å². The summed E-state index contributed by atoms with van der Waals surface area (Å²) >= 11 is 2.84. The molecule has 28 heavy (non-hydrogen) atoms. The molecule has 0 amide bonds. The number of fused-ring (bicyclic) bond motifs is 2. The SMILES string of the molecule is CN(C)S(=O)(=O)Nc1cc(Sc2nc3ccccc3s2)c(O)c2ccccc12. The maximum atomic E-state index is 12.4. The lowest BCUT2D eigenvalue weighted by molar-refractivity contribution is 0.469. The van der Waals surface area contributed by atoms with Crippen LogP contribution >= 0.6 is 23.1 Å². The molecule has 0 aliphatic heterocycles. The average molecular weight is 432 g/mol. The summed E-state index contributed by atoms with van der Waals surface area (Å²) < 4.78 is 30.2. The number of hydrogen-bond donors (Lipinski definition) is 2. The van der Waals surface area contributed by atoms with E-state index in [4.69, 9.17) is 0 Å². The van der Waals surface area contributed by atoms with Gasteiger partial charge in [-0.1, -0.05) is 48.2 Å². The van der Waals surface area contributed by atoms with Crippen LogP contribution < -0.4 is 4.72 Å². The summed E-state index contributed by atoms with van der Waals surface area (Å²) in [4.78, 5) is 5.12. The standard InChI is InChI=1S/C19H17N3O3S3/c1-22(2)28(24,25)21-15-11-17(18(23)13-8-4-3-7-12(13)15)27-19-20-14-9-5-6-10-16(14)26-19/h3-11,21,23H,1-2H3. The normalized spacial score (nSPS) is 12.1. The van der Waals surface area contributed by atoms with Gasteiger partial charge in [-0.15, -0.1) is 11.3 Å². The Balaban J connectivity index is 1.83. The van der Waals surface area contributed by atoms with Crippen LogP contribution in [0.1, 0.15) is 0 Å². The number of benzene rings is 3. The Labute approximate surface area is 171 Å². The van der Waals surface area contributed by atoms with Gasteiger partial charge in [-0.25, -0.2) is 4.98 Å². The largest absolute Gasteiger partial charge is 0.506 e. The van der Waals surface area contributed by atoms with Gasteiger partial charge < -0.3 is 5.11 Å². The monoisotopic (exact) mass is 431 g/mol. The lowest BCUT2D eigenvalue weighted by Gasteiger charge is -2.17. The van der Waals surface area contributed by atoms with Crippen molar-refractivity contribution < 1.29 is 13.5 Å². The Hall–Kier alpha value is -2.33. The van der Waals surface area contributed by atoms with Gasteiger partial charge in [-0.2, -0.15) is 12.7 Å². The Morgan fingerprint density at radius 2 is 1.75 bits per heavy atom. The molecule has 0 spiro atoms. The number of phenolic OH excluding ortho intramolecular Hbond substituents is 1. The first-order valence-corrected chi connectivity index (χ1v) is 11.4. The predicted octanol–water partition coefficient (Wildman–Crippen LogP) is 4.52. The van der Waals surface area contributed by atoms with Gasteiger partial charge in [-0.3, -0.25) is 4.72 Å². The molecule has 0 aliphatic rings. The lowest BCUT2D eigenvalue weighted by atomic mass is 10.1. The smallest absolute Gasteiger partial charge is 0.301 e. The van der Waals surface area contributed by atoms with E-state index in [2.05, 4.69) is 9.71 Å². The molecule has 0 aliphatic carbocycles. The minimum absolute atomic E-state index is 0.104. The van der Waals surface area contributed by atoms with Crippen LogP contribution in [0.5, 0.6) is 5.75 Å². The molecule has 0 radical (unpaired) electrons. The summed E-state index contributed by atoms with van der Waals surface area (Å²) in [7, 11) is -0.766. The van der Waals surface area contributed by atoms with Crippen LogP contribution in [0.15, 0.2) is 63.8 Å². The molecule has 0 saturated carbocycles. The van der Waals surface area contributed by atoms with Crippen LogP contribution in [0.25, 0.3) is 21.0 Å². The van der Waals surface area contributed by atoms with Crippen molar-refractivity contribution in [1.29, 1.82) is 0 Å². The van der Waals surface area contributed by atoms with E-state index in [1.54, 1.807) is 30.3 Å². The lowest BCUT2D eigenvalue weighted by Crippen LogP contribution is -2.29. The second-order valence-corrected chi connectivity index (χ2v) is 10.5. The molecule has 2 N–H and O–H groups in total. The van der Waals surface area contributed by atoms with Crippen molar-refractivity contribution in [3.8, 4) is 5.75 Å². The van der Waals surface area contributed by atoms with E-state index in [0.29, 0.717) is 21.4 Å². The van der Waals surface area contributed by atoms with E-state index in [-0.39, 0.29) is 5.75 Å². The minimum Gasteiger partial charge on any atom is -0.506 e. The number of para-hydroxylation sites is 1. The highest BCUT2D eigenvalue weighted by molar-refractivity contribution is 8.01. The molecule has 0 atom stereocenters. The van der Waals surface area contributed by atoms with E-state index in [1.807, 2.05) is 24.3 Å². The third kappa shape index (κ3) is 3.53. The van der Waals surface area contributed by atoms with Crippen molar-refractivity contribution >= 4 is 60.0 Å². The van der Waals surface area contributed by atoms with E-state index >= 15 is 0 Å². The van der Waals surface area contributed by atoms with Crippen LogP contribution in [0.2, 0.25) is 0 Å². The quantitative estimate of drug-likeness (QED) is 0.454. The Morgan fingerprint density at radius 3 is 2.46 bits per heavy atom. The fraction of sp³-hybridized carbons (Fsp3) is 0.105. The first-order valence-electron chi connectivity index (χ1n) is 8.33. The number of nitrogens with one attached hydrogen (secondary N) is 1. The third-order valence-corrected chi connectivity index (χ3v) is 7.74. The van der Waals surface area contributed by atoms with Gasteiger partial charge in [0, 0.05) is 24.9 Å². The molecular formula is C19H17N3O3S3. The number of aromatic nitrogens is 1. The van der Waals surface area contributed by atoms with Crippen molar-refractivity contribution in [2.24, 2.45) is 0 Å². The van der Waals surface area contributed by atoms with Gasteiger partial charge in [-0.05, 0) is 18.2 Å². The molecule has 3 aromatic carbocycles. The highest BCUT2D eigenvalue weighted by atomic mass is 32.2. The highest BCUT2D eigenvalue weighted by Crippen LogP contribution is 2.44. The van der Waals surface area contributed by atoms with Crippen molar-refractivity contribution in [3.05, 3.63) is 54.6 Å². The third-order valence-electron chi connectivity index (χ3n) is 4.17. The average Bonchev–Trinajstić information content (AvgIpc) is 3.07. The summed E-state index contributed by atoms with van der Waals surface area (Å²) in [5.74, 6) is 0.104. The number of thiazole rings is 1. The first-order chi connectivity index (χ1) is 13.3. The predicted molar refractivity (Wildman–Crippen MR) is 116 cm³/mol. The number of anilines is 1. The molecular weight excluding hydrogens is 414 g/mol. The van der Waals surface area contributed by atoms with E-state index in [0.717, 1.165) is 18.9 Å². The highest BCUT2D eigenvalue weighted by Gasteiger charge is 2.19. The summed E-state index contributed by atoms with van der Waals surface area (Å²) in [6.45, 7) is 0. The van der Waals surface area contributed by atoms with Gasteiger partial charge in [0.15, 0.2) is 4.34 Å². The molecule has 4 rings (SSSR count). The van der Waals surface area contributed by atoms with Gasteiger partial charge in [0.2, 0.25) is 0 Å². The summed E-state index contributed by atoms with van der Waals surface area (Å²) in [5.41, 5.74) is 1.30. The second kappa shape index (κ2) is 7.25. The molecule has 0 saturated heterocycles. The van der Waals surface area contributed by atoms with Gasteiger partial charge >= 0.3 is 10.2 Å². The van der Waals surface area contributed by atoms with Gasteiger partial charge in [0.1, 0.15) is 5.75 Å². The molecule has 4 aromatic rings. The van der Waals surface area contributed by atoms with Crippen LogP contribution in [0.3, 0.4) is 0 Å². The maximum Gasteiger partial charge on any atom is 0.301 e. The van der Waals surface area contributed by atoms with Crippen LogP contribution in [-0.4, -0.2) is 36.9 Å². The maximum absolute atomic E-state index is 12.4. The van der Waals surface area contributed by atoms with Gasteiger partial charge in [0.05, 0.1) is 20.8 Å². The Bertz CT molecular complexity index is 1250. The minimum atomic E-state index is -3.69. The van der Waals surface area contributed by atoms with Crippen LogP contribution in [0, 0.1) is 0 Å². The van der Waals surface area contributed by atoms with Crippen LogP contribution in [-0.2, 0) is 10.2 Å². The number of rotatable bonds is 5. The molecule has 1 heterocycles. The van der Waals surface area contributed by atoms with Crippen molar-refractivity contribution in [2.75, 3.05) is 18.8 Å². The second-order valence-electron chi connectivity index (χ2n) is 6.26. The molecule has 0 bridgehead atoms. The van der Waals surface area contributed by atoms with Crippen LogP contribution in [0.4, 0.5) is 5.69 Å². The zero-order valence-electron chi connectivity index (χ0n) is 15.1. The summed E-state index contributed by atoms with van der Waals surface area (Å²) in [5, 5.41) is 12.0. The fourth-order valence-electron chi connectivity index (χ4n) is 2.72. The number of aromatic hydroxyl groups is 1. The Morgan fingerprint density at radius 1 is 1.07 bits per heavy atom. The number of nitrogens with zero attached hydrogens (tertiary/aromatic N) is 2. The topological polar surface area (TPSA) is 82.5 Å².